The number of benzene rings is 1. The van der Waals surface area contributed by atoms with Crippen LogP contribution < -0.4 is 5.32 Å². The number of hydrogen-bond donors (Lipinski definition) is 1. The summed E-state index contributed by atoms with van der Waals surface area (Å²) in [5.74, 6) is 0.798. The molecule has 0 bridgehead atoms. The summed E-state index contributed by atoms with van der Waals surface area (Å²) in [5, 5.41) is 4.15. The van der Waals surface area contributed by atoms with Crippen molar-refractivity contribution in [1.29, 1.82) is 0 Å². The zero-order chi connectivity index (χ0) is 15.5. The molecule has 1 aromatic carbocycles. The van der Waals surface area contributed by atoms with E-state index in [9.17, 15) is 13.2 Å². The number of fused-ring (bicyclic) bond motifs is 1. The molecule has 0 saturated heterocycles. The Kier molecular flexibility index (Phi) is 4.90. The van der Waals surface area contributed by atoms with E-state index < -0.39 is 12.8 Å². The third-order valence-electron chi connectivity index (χ3n) is 3.24. The van der Waals surface area contributed by atoms with Crippen LogP contribution >= 0.6 is 0 Å². The maximum absolute atomic E-state index is 11.9. The molecule has 0 spiro atoms. The van der Waals surface area contributed by atoms with Gasteiger partial charge in [0.2, 0.25) is 0 Å². The van der Waals surface area contributed by atoms with Crippen molar-refractivity contribution in [2.24, 2.45) is 0 Å². The highest BCUT2D eigenvalue weighted by Crippen LogP contribution is 2.28. The topological polar surface area (TPSA) is 34.4 Å². The lowest BCUT2D eigenvalue weighted by atomic mass is 10.1. The maximum atomic E-state index is 11.9. The van der Waals surface area contributed by atoms with Crippen LogP contribution in [0.1, 0.15) is 24.3 Å². The average Bonchev–Trinajstić information content (AvgIpc) is 2.75. The predicted octanol–water partition coefficient (Wildman–Crippen LogP) is 3.97. The first-order valence-electron chi connectivity index (χ1n) is 6.74. The molecule has 21 heavy (non-hydrogen) atoms. The second-order valence-corrected chi connectivity index (χ2v) is 4.93. The fourth-order valence-electron chi connectivity index (χ4n) is 2.23. The first-order valence-corrected chi connectivity index (χ1v) is 6.74. The van der Waals surface area contributed by atoms with Crippen molar-refractivity contribution < 1.29 is 22.3 Å². The smallest absolute Gasteiger partial charge is 0.411 e. The summed E-state index contributed by atoms with van der Waals surface area (Å²) >= 11 is 0. The van der Waals surface area contributed by atoms with Gasteiger partial charge in [0.1, 0.15) is 18.0 Å². The van der Waals surface area contributed by atoms with Crippen molar-refractivity contribution in [3.63, 3.8) is 0 Å². The number of para-hydroxylation sites is 1. The molecule has 0 aliphatic heterocycles. The number of hydrogen-bond acceptors (Lipinski definition) is 3. The molecule has 1 aromatic heterocycles. The van der Waals surface area contributed by atoms with Gasteiger partial charge in [-0.3, -0.25) is 0 Å². The highest BCUT2D eigenvalue weighted by Gasteiger charge is 2.27. The Morgan fingerprint density at radius 3 is 2.67 bits per heavy atom. The monoisotopic (exact) mass is 301 g/mol. The highest BCUT2D eigenvalue weighted by molar-refractivity contribution is 5.82. The molecule has 0 aliphatic carbocycles. The molecule has 0 radical (unpaired) electrons. The van der Waals surface area contributed by atoms with E-state index in [0.717, 1.165) is 22.3 Å². The van der Waals surface area contributed by atoms with Gasteiger partial charge in [0.15, 0.2) is 0 Å². The van der Waals surface area contributed by atoms with Crippen molar-refractivity contribution in [2.45, 2.75) is 26.1 Å². The van der Waals surface area contributed by atoms with Crippen LogP contribution in [-0.2, 0) is 4.74 Å². The van der Waals surface area contributed by atoms with Crippen LogP contribution in [0.4, 0.5) is 13.2 Å². The van der Waals surface area contributed by atoms with Gasteiger partial charge in [0.25, 0.3) is 0 Å². The minimum atomic E-state index is -4.28. The molecule has 0 saturated carbocycles. The summed E-state index contributed by atoms with van der Waals surface area (Å²) < 4.78 is 46.1. The van der Waals surface area contributed by atoms with E-state index in [1.54, 1.807) is 0 Å². The minimum Gasteiger partial charge on any atom is -0.459 e. The second kappa shape index (κ2) is 6.49. The molecule has 0 amide bonds. The van der Waals surface area contributed by atoms with Gasteiger partial charge in [-0.1, -0.05) is 18.2 Å². The molecule has 1 N–H and O–H groups in total. The number of ether oxygens (including phenoxy) is 1. The predicted molar refractivity (Wildman–Crippen MR) is 74.2 cm³/mol. The Bertz CT molecular complexity index is 592. The van der Waals surface area contributed by atoms with Gasteiger partial charge in [0.05, 0.1) is 12.6 Å². The van der Waals surface area contributed by atoms with Gasteiger partial charge in [-0.25, -0.2) is 0 Å². The van der Waals surface area contributed by atoms with Crippen LogP contribution in [0, 0.1) is 6.92 Å². The normalized spacial score (nSPS) is 13.8. The maximum Gasteiger partial charge on any atom is 0.411 e. The summed E-state index contributed by atoms with van der Waals surface area (Å²) in [6.45, 7) is 3.00. The van der Waals surface area contributed by atoms with Crippen LogP contribution in [0.15, 0.2) is 28.7 Å². The van der Waals surface area contributed by atoms with Gasteiger partial charge in [-0.05, 0) is 25.5 Å². The van der Waals surface area contributed by atoms with Crippen LogP contribution in [0.3, 0.4) is 0 Å². The number of rotatable bonds is 6. The Hall–Kier alpha value is -1.53. The number of aryl methyl sites for hydroxylation is 1. The Balaban J connectivity index is 1.88. The molecule has 0 aliphatic rings. The first kappa shape index (κ1) is 15.9. The number of nitrogens with one attached hydrogen (secondary N) is 1. The lowest BCUT2D eigenvalue weighted by Crippen LogP contribution is -2.26. The molecule has 6 heteroatoms. The summed E-state index contributed by atoms with van der Waals surface area (Å²) in [4.78, 5) is 0. The largest absolute Gasteiger partial charge is 0.459 e. The van der Waals surface area contributed by atoms with Crippen molar-refractivity contribution in [2.75, 3.05) is 19.8 Å². The molecular formula is C15H18F3NO2. The highest BCUT2D eigenvalue weighted by atomic mass is 19.4. The van der Waals surface area contributed by atoms with Crippen LogP contribution in [0.5, 0.6) is 0 Å². The quantitative estimate of drug-likeness (QED) is 0.820. The summed E-state index contributed by atoms with van der Waals surface area (Å²) in [6, 6.07) is 7.63. The van der Waals surface area contributed by atoms with E-state index in [4.69, 9.17) is 4.42 Å². The zero-order valence-corrected chi connectivity index (χ0v) is 12.0. The number of halogens is 3. The fraction of sp³-hybridized carbons (Fsp3) is 0.467. The molecule has 2 rings (SSSR count). The average molecular weight is 301 g/mol. The van der Waals surface area contributed by atoms with E-state index in [0.29, 0.717) is 6.54 Å². The zero-order valence-electron chi connectivity index (χ0n) is 12.0. The van der Waals surface area contributed by atoms with E-state index in [-0.39, 0.29) is 12.6 Å². The first-order chi connectivity index (χ1) is 9.88. The Morgan fingerprint density at radius 1 is 1.29 bits per heavy atom. The third-order valence-corrected chi connectivity index (χ3v) is 3.24. The molecule has 2 aromatic rings. The summed E-state index contributed by atoms with van der Waals surface area (Å²) in [7, 11) is 0. The minimum absolute atomic E-state index is 0.00310. The van der Waals surface area contributed by atoms with Crippen LogP contribution in [-0.4, -0.2) is 25.9 Å². The molecule has 116 valence electrons. The lowest BCUT2D eigenvalue weighted by molar-refractivity contribution is -0.173. The number of alkyl halides is 3. The standard InChI is InChI=1S/C15H18F3NO2/c1-10-12-5-3-4-6-13(12)21-14(10)11(2)19-7-8-20-9-15(16,17)18/h3-6,11,19H,7-9H2,1-2H3. The molecular weight excluding hydrogens is 283 g/mol. The molecule has 1 unspecified atom stereocenters. The molecule has 3 nitrogen and oxygen atoms in total. The van der Waals surface area contributed by atoms with E-state index in [1.165, 1.54) is 0 Å². The summed E-state index contributed by atoms with van der Waals surface area (Å²) in [6.07, 6.45) is -4.28. The molecule has 1 atom stereocenters. The molecule has 0 fully saturated rings. The molecule has 1 heterocycles. The van der Waals surface area contributed by atoms with Crippen molar-refractivity contribution in [3.05, 3.63) is 35.6 Å². The Morgan fingerprint density at radius 2 is 2.00 bits per heavy atom. The van der Waals surface area contributed by atoms with Crippen LogP contribution in [0.25, 0.3) is 11.0 Å². The second-order valence-electron chi connectivity index (χ2n) is 4.93. The van der Waals surface area contributed by atoms with Crippen LogP contribution in [0.2, 0.25) is 0 Å². The fourth-order valence-corrected chi connectivity index (χ4v) is 2.23. The summed E-state index contributed by atoms with van der Waals surface area (Å²) in [5.41, 5.74) is 1.86. The van der Waals surface area contributed by atoms with Gasteiger partial charge in [-0.15, -0.1) is 0 Å². The van der Waals surface area contributed by atoms with E-state index in [1.807, 2.05) is 38.1 Å². The van der Waals surface area contributed by atoms with Gasteiger partial charge in [-0.2, -0.15) is 13.2 Å². The Labute approximate surface area is 121 Å². The lowest BCUT2D eigenvalue weighted by Gasteiger charge is -2.13. The van der Waals surface area contributed by atoms with Crippen molar-refractivity contribution in [3.8, 4) is 0 Å². The third kappa shape index (κ3) is 4.22. The van der Waals surface area contributed by atoms with Gasteiger partial charge >= 0.3 is 6.18 Å². The number of furan rings is 1. The van der Waals surface area contributed by atoms with Gasteiger partial charge < -0.3 is 14.5 Å². The van der Waals surface area contributed by atoms with Crippen molar-refractivity contribution >= 4 is 11.0 Å². The van der Waals surface area contributed by atoms with Gasteiger partial charge in [0, 0.05) is 11.9 Å². The van der Waals surface area contributed by atoms with E-state index in [2.05, 4.69) is 10.1 Å². The SMILES string of the molecule is Cc1c(C(C)NCCOCC(F)(F)F)oc2ccccc12. The van der Waals surface area contributed by atoms with E-state index >= 15 is 0 Å². The van der Waals surface area contributed by atoms with Crippen molar-refractivity contribution in [1.82, 2.24) is 5.32 Å².